The van der Waals surface area contributed by atoms with Crippen LogP contribution in [0.4, 0.5) is 0 Å². The number of benzene rings is 2. The molecule has 0 aliphatic carbocycles. The Kier molecular flexibility index (Phi) is 5.28. The summed E-state index contributed by atoms with van der Waals surface area (Å²) in [4.78, 5) is 0.439. The summed E-state index contributed by atoms with van der Waals surface area (Å²) in [5.74, 6) is 0. The highest BCUT2D eigenvalue weighted by Crippen LogP contribution is 2.34. The van der Waals surface area contributed by atoms with Gasteiger partial charge in [-0.1, -0.05) is 35.4 Å². The zero-order valence-electron chi connectivity index (χ0n) is 16.4. The second kappa shape index (κ2) is 7.48. The predicted molar refractivity (Wildman–Crippen MR) is 108 cm³/mol. The van der Waals surface area contributed by atoms with Crippen molar-refractivity contribution in [2.24, 2.45) is 0 Å². The van der Waals surface area contributed by atoms with E-state index in [0.29, 0.717) is 0 Å². The minimum Gasteiger partial charge on any atom is -0.360 e. The molecule has 0 N–H and O–H groups in total. The maximum atomic E-state index is 13.2. The van der Waals surface area contributed by atoms with Gasteiger partial charge in [0.2, 0.25) is 0 Å². The van der Waals surface area contributed by atoms with Crippen molar-refractivity contribution in [3.8, 4) is 0 Å². The van der Waals surface area contributed by atoms with Crippen molar-refractivity contribution in [3.05, 3.63) is 59.7 Å². The van der Waals surface area contributed by atoms with Crippen LogP contribution < -0.4 is 0 Å². The third-order valence-electron chi connectivity index (χ3n) is 5.45. The molecule has 2 aromatic rings. The third-order valence-corrected chi connectivity index (χ3v) is 9.42. The van der Waals surface area contributed by atoms with Crippen LogP contribution in [0, 0.1) is 13.8 Å². The fraction of sp³-hybridized carbons (Fsp3) is 0.400. The maximum Gasteiger partial charge on any atom is 0.256 e. The van der Waals surface area contributed by atoms with E-state index in [-0.39, 0.29) is 35.9 Å². The van der Waals surface area contributed by atoms with E-state index in [1.807, 2.05) is 13.8 Å². The normalized spacial score (nSPS) is 23.8. The average Bonchev–Trinajstić information content (AvgIpc) is 3.14. The second-order valence-corrected chi connectivity index (χ2v) is 11.6. The number of aryl methyl sites for hydroxylation is 2. The lowest BCUT2D eigenvalue weighted by atomic mass is 10.2. The molecule has 2 fully saturated rings. The molecular formula is C20H24N2O5S2. The summed E-state index contributed by atoms with van der Waals surface area (Å²) in [6.45, 7) is 4.25. The number of hydrogen-bond acceptors (Lipinski definition) is 6. The summed E-state index contributed by atoms with van der Waals surface area (Å²) in [6.07, 6.45) is -0.343. The Balaban J connectivity index is 1.62. The molecule has 29 heavy (non-hydrogen) atoms. The smallest absolute Gasteiger partial charge is 0.256 e. The van der Waals surface area contributed by atoms with Gasteiger partial charge in [-0.15, -0.1) is 4.41 Å². The zero-order chi connectivity index (χ0) is 20.8. The quantitative estimate of drug-likeness (QED) is 0.730. The van der Waals surface area contributed by atoms with Gasteiger partial charge in [0, 0.05) is 13.0 Å². The lowest BCUT2D eigenvalue weighted by Crippen LogP contribution is -2.55. The first-order valence-electron chi connectivity index (χ1n) is 9.48. The highest BCUT2D eigenvalue weighted by atomic mass is 32.2. The van der Waals surface area contributed by atoms with Gasteiger partial charge >= 0.3 is 0 Å². The van der Waals surface area contributed by atoms with Crippen LogP contribution in [0.15, 0.2) is 58.3 Å². The zero-order valence-corrected chi connectivity index (χ0v) is 18.0. The highest BCUT2D eigenvalue weighted by molar-refractivity contribution is 7.92. The standard InChI is InChI=1S/C20H24N2O5S2/c1-15-3-7-17(8-4-15)28(23,24)19-13-20-21(14-19)22(11-12-27-20)29(25,26)18-9-5-16(2)6-10-18/h3-10,19-20H,11-14H2,1-2H3/t19?,20-/m1/s1. The van der Waals surface area contributed by atoms with Gasteiger partial charge in [-0.25, -0.2) is 16.8 Å². The molecule has 2 aromatic carbocycles. The fourth-order valence-corrected chi connectivity index (χ4v) is 6.92. The van der Waals surface area contributed by atoms with Gasteiger partial charge in [0.15, 0.2) is 9.84 Å². The van der Waals surface area contributed by atoms with Crippen molar-refractivity contribution in [2.45, 2.75) is 41.5 Å². The Morgan fingerprint density at radius 3 is 2.00 bits per heavy atom. The lowest BCUT2D eigenvalue weighted by molar-refractivity contribution is -0.153. The van der Waals surface area contributed by atoms with Crippen LogP contribution in [-0.4, -0.2) is 57.4 Å². The summed E-state index contributed by atoms with van der Waals surface area (Å²) in [6, 6.07) is 13.4. The SMILES string of the molecule is Cc1ccc(S(=O)(=O)C2C[C@H]3OCCN(S(=O)(=O)c4ccc(C)cc4)N3C2)cc1. The molecule has 7 nitrogen and oxygen atoms in total. The Bertz CT molecular complexity index is 1100. The van der Waals surface area contributed by atoms with Crippen LogP contribution in [0.5, 0.6) is 0 Å². The Hall–Kier alpha value is -1.78. The Morgan fingerprint density at radius 2 is 1.41 bits per heavy atom. The molecule has 2 aliphatic heterocycles. The molecule has 0 spiro atoms. The number of hydrazine groups is 1. The third kappa shape index (κ3) is 3.73. The number of nitrogens with zero attached hydrogens (tertiary/aromatic N) is 2. The van der Waals surface area contributed by atoms with Gasteiger partial charge in [0.1, 0.15) is 6.23 Å². The van der Waals surface area contributed by atoms with Crippen molar-refractivity contribution < 1.29 is 21.6 Å². The van der Waals surface area contributed by atoms with Crippen molar-refractivity contribution >= 4 is 19.9 Å². The number of hydrogen-bond donors (Lipinski definition) is 0. The summed E-state index contributed by atoms with van der Waals surface area (Å²) in [5, 5.41) is 0.818. The van der Waals surface area contributed by atoms with Crippen LogP contribution >= 0.6 is 0 Å². The summed E-state index contributed by atoms with van der Waals surface area (Å²) < 4.78 is 59.6. The Morgan fingerprint density at radius 1 is 0.862 bits per heavy atom. The molecule has 1 unspecified atom stereocenters. The monoisotopic (exact) mass is 436 g/mol. The molecule has 4 rings (SSSR count). The molecule has 0 saturated carbocycles. The molecule has 2 atom stereocenters. The molecule has 0 bridgehead atoms. The molecule has 2 heterocycles. The highest BCUT2D eigenvalue weighted by Gasteiger charge is 2.48. The molecule has 156 valence electrons. The number of fused-ring (bicyclic) bond motifs is 1. The minimum atomic E-state index is -3.79. The molecule has 2 saturated heterocycles. The minimum absolute atomic E-state index is 0.0754. The summed E-state index contributed by atoms with van der Waals surface area (Å²) in [7, 11) is -7.38. The Labute approximate surface area is 171 Å². The lowest BCUT2D eigenvalue weighted by Gasteiger charge is -2.38. The van der Waals surface area contributed by atoms with Gasteiger partial charge in [0.25, 0.3) is 10.0 Å². The van der Waals surface area contributed by atoms with Crippen LogP contribution in [0.3, 0.4) is 0 Å². The van der Waals surface area contributed by atoms with Crippen LogP contribution in [-0.2, 0) is 24.6 Å². The molecule has 0 radical (unpaired) electrons. The van der Waals surface area contributed by atoms with Crippen molar-refractivity contribution in [2.75, 3.05) is 19.7 Å². The van der Waals surface area contributed by atoms with Crippen LogP contribution in [0.25, 0.3) is 0 Å². The molecule has 0 aromatic heterocycles. The average molecular weight is 437 g/mol. The molecule has 2 aliphatic rings. The first-order chi connectivity index (χ1) is 13.7. The van der Waals surface area contributed by atoms with Crippen LogP contribution in [0.1, 0.15) is 17.5 Å². The van der Waals surface area contributed by atoms with Crippen molar-refractivity contribution in [1.82, 2.24) is 9.42 Å². The van der Waals surface area contributed by atoms with E-state index in [1.54, 1.807) is 53.5 Å². The first-order valence-corrected chi connectivity index (χ1v) is 12.5. The predicted octanol–water partition coefficient (Wildman–Crippen LogP) is 2.11. The van der Waals surface area contributed by atoms with E-state index >= 15 is 0 Å². The first kappa shape index (κ1) is 20.5. The maximum absolute atomic E-state index is 13.2. The summed E-state index contributed by atoms with van der Waals surface area (Å²) in [5.41, 5.74) is 1.95. The van der Waals surface area contributed by atoms with Crippen molar-refractivity contribution in [1.29, 1.82) is 0 Å². The van der Waals surface area contributed by atoms with E-state index in [0.717, 1.165) is 11.1 Å². The van der Waals surface area contributed by atoms with Crippen molar-refractivity contribution in [3.63, 3.8) is 0 Å². The summed E-state index contributed by atoms with van der Waals surface area (Å²) >= 11 is 0. The largest absolute Gasteiger partial charge is 0.360 e. The number of ether oxygens (including phenoxy) is 1. The number of sulfonamides is 1. The van der Waals surface area contributed by atoms with Gasteiger partial charge in [0.05, 0.1) is 28.2 Å². The second-order valence-electron chi connectivity index (χ2n) is 7.53. The molecule has 0 amide bonds. The van der Waals surface area contributed by atoms with E-state index in [4.69, 9.17) is 4.74 Å². The van der Waals surface area contributed by atoms with Crippen LogP contribution in [0.2, 0.25) is 0 Å². The van der Waals surface area contributed by atoms with E-state index in [2.05, 4.69) is 0 Å². The topological polar surface area (TPSA) is 84.0 Å². The van der Waals surface area contributed by atoms with E-state index in [1.165, 1.54) is 4.41 Å². The van der Waals surface area contributed by atoms with Gasteiger partial charge in [-0.3, -0.25) is 0 Å². The number of sulfone groups is 1. The number of rotatable bonds is 4. The fourth-order valence-electron chi connectivity index (χ4n) is 3.77. The molecular weight excluding hydrogens is 412 g/mol. The van der Waals surface area contributed by atoms with E-state index in [9.17, 15) is 16.8 Å². The van der Waals surface area contributed by atoms with Gasteiger partial charge in [-0.05, 0) is 38.1 Å². The van der Waals surface area contributed by atoms with Gasteiger partial charge in [-0.2, -0.15) is 5.01 Å². The van der Waals surface area contributed by atoms with Gasteiger partial charge < -0.3 is 4.74 Å². The molecule has 9 heteroatoms. The van der Waals surface area contributed by atoms with E-state index < -0.39 is 31.3 Å².